The molecule has 0 N–H and O–H groups in total. The summed E-state index contributed by atoms with van der Waals surface area (Å²) in [4.78, 5) is 22.8. The van der Waals surface area contributed by atoms with Crippen molar-refractivity contribution in [2.45, 2.75) is 13.8 Å². The number of esters is 1. The zero-order valence-electron chi connectivity index (χ0n) is 16.2. The van der Waals surface area contributed by atoms with Crippen LogP contribution in [0.1, 0.15) is 17.0 Å². The Labute approximate surface area is 167 Å². The van der Waals surface area contributed by atoms with Gasteiger partial charge in [0.2, 0.25) is 5.75 Å². The first-order valence-electron chi connectivity index (χ1n) is 8.74. The molecule has 0 amide bonds. The third-order valence-corrected chi connectivity index (χ3v) is 4.31. The number of para-hydroxylation sites is 1. The van der Waals surface area contributed by atoms with Crippen molar-refractivity contribution in [2.24, 2.45) is 0 Å². The van der Waals surface area contributed by atoms with Gasteiger partial charge in [0.25, 0.3) is 0 Å². The molecular weight excluding hydrogens is 374 g/mol. The van der Waals surface area contributed by atoms with Crippen molar-refractivity contribution in [3.05, 3.63) is 81.7 Å². The highest BCUT2D eigenvalue weighted by molar-refractivity contribution is 5.89. The van der Waals surface area contributed by atoms with Gasteiger partial charge in [0.15, 0.2) is 0 Å². The van der Waals surface area contributed by atoms with Crippen LogP contribution in [0, 0.1) is 24.0 Å². The number of nitro groups is 1. The summed E-state index contributed by atoms with van der Waals surface area (Å²) in [6.07, 6.45) is 2.81. The lowest BCUT2D eigenvalue weighted by atomic mass is 10.2. The Balaban J connectivity index is 1.82. The number of benzene rings is 2. The van der Waals surface area contributed by atoms with Gasteiger partial charge in [-0.15, -0.1) is 0 Å². The second-order valence-electron chi connectivity index (χ2n) is 6.18. The van der Waals surface area contributed by atoms with Gasteiger partial charge in [-0.1, -0.05) is 18.2 Å². The monoisotopic (exact) mass is 393 g/mol. The summed E-state index contributed by atoms with van der Waals surface area (Å²) in [6.45, 7) is 3.73. The number of aryl methyl sites for hydroxylation is 1. The summed E-state index contributed by atoms with van der Waals surface area (Å²) in [5.74, 6) is -0.588. The Morgan fingerprint density at radius 1 is 1.17 bits per heavy atom. The molecule has 0 aliphatic carbocycles. The lowest BCUT2D eigenvalue weighted by molar-refractivity contribution is -0.385. The zero-order valence-corrected chi connectivity index (χ0v) is 16.2. The van der Waals surface area contributed by atoms with Crippen LogP contribution < -0.4 is 9.47 Å². The van der Waals surface area contributed by atoms with E-state index in [0.717, 1.165) is 22.6 Å². The number of hydrogen-bond acceptors (Lipinski definition) is 6. The first-order valence-corrected chi connectivity index (χ1v) is 8.74. The quantitative estimate of drug-likeness (QED) is 0.206. The van der Waals surface area contributed by atoms with E-state index in [9.17, 15) is 14.9 Å². The number of ether oxygens (including phenoxy) is 2. The molecule has 0 saturated heterocycles. The van der Waals surface area contributed by atoms with Gasteiger partial charge in [0, 0.05) is 17.3 Å². The van der Waals surface area contributed by atoms with Crippen LogP contribution in [-0.4, -0.2) is 27.8 Å². The van der Waals surface area contributed by atoms with Gasteiger partial charge in [-0.05, 0) is 44.2 Å². The first-order chi connectivity index (χ1) is 13.9. The molecule has 1 heterocycles. The third kappa shape index (κ3) is 4.32. The van der Waals surface area contributed by atoms with Gasteiger partial charge in [-0.3, -0.25) is 10.1 Å². The summed E-state index contributed by atoms with van der Waals surface area (Å²) in [5.41, 5.74) is 2.92. The Morgan fingerprint density at radius 3 is 2.55 bits per heavy atom. The van der Waals surface area contributed by atoms with Crippen molar-refractivity contribution in [3.63, 3.8) is 0 Å². The number of nitro benzene ring substituents is 1. The molecule has 0 fully saturated rings. The molecule has 3 rings (SSSR count). The molecule has 0 bridgehead atoms. The maximum Gasteiger partial charge on any atom is 0.336 e. The van der Waals surface area contributed by atoms with E-state index < -0.39 is 10.9 Å². The van der Waals surface area contributed by atoms with Crippen LogP contribution in [-0.2, 0) is 4.79 Å². The molecule has 0 aliphatic rings. The van der Waals surface area contributed by atoms with E-state index in [1.54, 1.807) is 10.8 Å². The minimum atomic E-state index is -0.732. The van der Waals surface area contributed by atoms with Gasteiger partial charge in [-0.25, -0.2) is 9.48 Å². The zero-order chi connectivity index (χ0) is 21.0. The molecule has 3 aromatic rings. The van der Waals surface area contributed by atoms with Crippen molar-refractivity contribution < 1.29 is 19.2 Å². The van der Waals surface area contributed by atoms with E-state index in [1.807, 2.05) is 44.2 Å². The lowest BCUT2D eigenvalue weighted by Gasteiger charge is -2.05. The summed E-state index contributed by atoms with van der Waals surface area (Å²) >= 11 is 0. The van der Waals surface area contributed by atoms with E-state index in [-0.39, 0.29) is 11.4 Å². The second kappa shape index (κ2) is 8.39. The number of methoxy groups -OCH3 is 1. The standard InChI is InChI=1S/C21H19N3O5/c1-14-18(15(2)23(22-14)16-7-5-4-6-8-16)10-12-21(25)29-20-11-9-17(28-3)13-19(20)24(26)27/h4-13H,1-3H3/b12-10+. The third-order valence-electron chi connectivity index (χ3n) is 4.31. The predicted molar refractivity (Wildman–Crippen MR) is 107 cm³/mol. The van der Waals surface area contributed by atoms with Crippen LogP contribution in [0.25, 0.3) is 11.8 Å². The molecule has 29 heavy (non-hydrogen) atoms. The number of nitrogens with zero attached hydrogens (tertiary/aromatic N) is 3. The molecular formula is C21H19N3O5. The van der Waals surface area contributed by atoms with E-state index in [4.69, 9.17) is 9.47 Å². The normalized spacial score (nSPS) is 10.9. The molecule has 0 aliphatic heterocycles. The summed E-state index contributed by atoms with van der Waals surface area (Å²) in [5, 5.41) is 15.7. The Hall–Kier alpha value is -3.94. The summed E-state index contributed by atoms with van der Waals surface area (Å²) in [6, 6.07) is 13.6. The highest BCUT2D eigenvalue weighted by atomic mass is 16.6. The number of hydrogen-bond donors (Lipinski definition) is 0. The average Bonchev–Trinajstić information content (AvgIpc) is 3.00. The number of carbonyl (C=O) groups excluding carboxylic acids is 1. The van der Waals surface area contributed by atoms with Crippen molar-refractivity contribution in [1.29, 1.82) is 0 Å². The minimum absolute atomic E-state index is 0.154. The second-order valence-corrected chi connectivity index (χ2v) is 6.18. The molecule has 148 valence electrons. The van der Waals surface area contributed by atoms with Crippen LogP contribution in [0.4, 0.5) is 5.69 Å². The maximum absolute atomic E-state index is 12.2. The molecule has 0 unspecified atom stereocenters. The highest BCUT2D eigenvalue weighted by Crippen LogP contribution is 2.31. The van der Waals surface area contributed by atoms with Crippen LogP contribution >= 0.6 is 0 Å². The van der Waals surface area contributed by atoms with Crippen LogP contribution in [0.5, 0.6) is 11.5 Å². The first kappa shape index (κ1) is 19.8. The van der Waals surface area contributed by atoms with Crippen LogP contribution in [0.3, 0.4) is 0 Å². The molecule has 8 heteroatoms. The SMILES string of the molecule is COc1ccc(OC(=O)/C=C/c2c(C)nn(-c3ccccc3)c2C)c([N+](=O)[O-])c1. The molecule has 0 saturated carbocycles. The molecule has 2 aromatic carbocycles. The molecule has 0 spiro atoms. The van der Waals surface area contributed by atoms with Crippen LogP contribution in [0.15, 0.2) is 54.6 Å². The average molecular weight is 393 g/mol. The van der Waals surface area contributed by atoms with Gasteiger partial charge in [-0.2, -0.15) is 5.10 Å². The fraction of sp³-hybridized carbons (Fsp3) is 0.143. The van der Waals surface area contributed by atoms with Crippen LogP contribution in [0.2, 0.25) is 0 Å². The topological polar surface area (TPSA) is 96.5 Å². The Morgan fingerprint density at radius 2 is 1.90 bits per heavy atom. The van der Waals surface area contributed by atoms with E-state index in [2.05, 4.69) is 5.10 Å². The smallest absolute Gasteiger partial charge is 0.336 e. The summed E-state index contributed by atoms with van der Waals surface area (Å²) in [7, 11) is 1.40. The number of aromatic nitrogens is 2. The van der Waals surface area contributed by atoms with E-state index in [0.29, 0.717) is 5.75 Å². The Kier molecular flexibility index (Phi) is 5.73. The summed E-state index contributed by atoms with van der Waals surface area (Å²) < 4.78 is 11.9. The van der Waals surface area contributed by atoms with Crippen molar-refractivity contribution in [1.82, 2.24) is 9.78 Å². The highest BCUT2D eigenvalue weighted by Gasteiger charge is 2.19. The van der Waals surface area contributed by atoms with Gasteiger partial charge in [0.1, 0.15) is 5.75 Å². The van der Waals surface area contributed by atoms with Gasteiger partial charge in [0.05, 0.1) is 29.5 Å². The Bertz CT molecular complexity index is 1090. The fourth-order valence-electron chi connectivity index (χ4n) is 2.86. The molecule has 0 atom stereocenters. The number of rotatable bonds is 6. The number of carbonyl (C=O) groups is 1. The van der Waals surface area contributed by atoms with E-state index in [1.165, 1.54) is 31.4 Å². The minimum Gasteiger partial charge on any atom is -0.496 e. The molecule has 8 nitrogen and oxygen atoms in total. The van der Waals surface area contributed by atoms with Crippen molar-refractivity contribution >= 4 is 17.7 Å². The van der Waals surface area contributed by atoms with Crippen molar-refractivity contribution in [3.8, 4) is 17.2 Å². The fourth-order valence-corrected chi connectivity index (χ4v) is 2.86. The van der Waals surface area contributed by atoms with E-state index >= 15 is 0 Å². The van der Waals surface area contributed by atoms with Crippen molar-refractivity contribution in [2.75, 3.05) is 7.11 Å². The molecule has 0 radical (unpaired) electrons. The molecule has 1 aromatic heterocycles. The largest absolute Gasteiger partial charge is 0.496 e. The lowest BCUT2D eigenvalue weighted by Crippen LogP contribution is -2.06. The van der Waals surface area contributed by atoms with Gasteiger partial charge >= 0.3 is 11.7 Å². The van der Waals surface area contributed by atoms with Gasteiger partial charge < -0.3 is 9.47 Å². The maximum atomic E-state index is 12.2. The predicted octanol–water partition coefficient (Wildman–Crippen LogP) is 4.02.